The summed E-state index contributed by atoms with van der Waals surface area (Å²) >= 11 is 1.66. The summed E-state index contributed by atoms with van der Waals surface area (Å²) in [4.78, 5) is 10.9. The molecule has 1 atom stereocenters. The van der Waals surface area contributed by atoms with Crippen LogP contribution < -0.4 is 0 Å². The van der Waals surface area contributed by atoms with Crippen molar-refractivity contribution in [2.24, 2.45) is 4.99 Å². The Hall–Kier alpha value is -1.07. The van der Waals surface area contributed by atoms with E-state index in [1.807, 2.05) is 14.1 Å². The lowest BCUT2D eigenvalue weighted by atomic mass is 10.3. The van der Waals surface area contributed by atoms with E-state index in [4.69, 9.17) is 0 Å². The first-order valence-corrected chi connectivity index (χ1v) is 6.15. The third kappa shape index (κ3) is 2.54. The van der Waals surface area contributed by atoms with Crippen molar-refractivity contribution in [2.75, 3.05) is 26.4 Å². The van der Waals surface area contributed by atoms with Crippen LogP contribution in [0.3, 0.4) is 0 Å². The molecule has 1 aromatic rings. The Morgan fingerprint density at radius 3 is 3.06 bits per heavy atom. The first-order chi connectivity index (χ1) is 7.66. The largest absolute Gasteiger partial charge is 0.506 e. The summed E-state index contributed by atoms with van der Waals surface area (Å²) < 4.78 is 0. The average Bonchev–Trinajstić information content (AvgIpc) is 2.66. The third-order valence-corrected chi connectivity index (χ3v) is 3.40. The van der Waals surface area contributed by atoms with Crippen LogP contribution in [0.2, 0.25) is 0 Å². The van der Waals surface area contributed by atoms with E-state index in [1.165, 1.54) is 0 Å². The van der Waals surface area contributed by atoms with Gasteiger partial charge in [-0.15, -0.1) is 11.8 Å². The maximum Gasteiger partial charge on any atom is 0.144 e. The monoisotopic (exact) mass is 237 g/mol. The molecule has 0 radical (unpaired) electrons. The van der Waals surface area contributed by atoms with Crippen LogP contribution in [-0.4, -0.2) is 52.5 Å². The summed E-state index contributed by atoms with van der Waals surface area (Å²) in [5.74, 6) is 1.17. The zero-order valence-electron chi connectivity index (χ0n) is 9.42. The molecule has 0 spiro atoms. The van der Waals surface area contributed by atoms with Gasteiger partial charge in [0, 0.05) is 18.5 Å². The normalized spacial score (nSPS) is 20.2. The molecule has 0 saturated heterocycles. The van der Waals surface area contributed by atoms with Crippen molar-refractivity contribution in [3.63, 3.8) is 0 Å². The van der Waals surface area contributed by atoms with Gasteiger partial charge in [0.25, 0.3) is 0 Å². The summed E-state index contributed by atoms with van der Waals surface area (Å²) in [5, 5.41) is 10.5. The van der Waals surface area contributed by atoms with Crippen LogP contribution in [0.25, 0.3) is 0 Å². The second kappa shape index (κ2) is 4.84. The predicted octanol–water partition coefficient (Wildman–Crippen LogP) is 1.21. The first kappa shape index (κ1) is 11.4. The van der Waals surface area contributed by atoms with E-state index in [9.17, 15) is 5.11 Å². The van der Waals surface area contributed by atoms with E-state index in [0.717, 1.165) is 17.3 Å². The summed E-state index contributed by atoms with van der Waals surface area (Å²) in [6.45, 7) is 0.935. The van der Waals surface area contributed by atoms with Gasteiger partial charge in [0.1, 0.15) is 16.5 Å². The zero-order chi connectivity index (χ0) is 11.5. The molecule has 16 heavy (non-hydrogen) atoms. The van der Waals surface area contributed by atoms with Gasteiger partial charge in [-0.1, -0.05) is 0 Å². The molecule has 1 N–H and O–H groups in total. The number of hydrogen-bond acceptors (Lipinski definition) is 5. The van der Waals surface area contributed by atoms with Crippen molar-refractivity contribution in [1.82, 2.24) is 9.88 Å². The molecule has 0 bridgehead atoms. The highest BCUT2D eigenvalue weighted by Crippen LogP contribution is 2.26. The van der Waals surface area contributed by atoms with Crippen molar-refractivity contribution in [2.45, 2.75) is 6.04 Å². The quantitative estimate of drug-likeness (QED) is 0.858. The van der Waals surface area contributed by atoms with Crippen molar-refractivity contribution >= 4 is 16.8 Å². The Balaban J connectivity index is 2.15. The van der Waals surface area contributed by atoms with Gasteiger partial charge in [0.2, 0.25) is 0 Å². The van der Waals surface area contributed by atoms with Gasteiger partial charge < -0.3 is 10.0 Å². The number of thioether (sulfide) groups is 1. The molecule has 1 aliphatic rings. The highest BCUT2D eigenvalue weighted by atomic mass is 32.2. The number of aromatic hydroxyl groups is 1. The maximum absolute atomic E-state index is 9.67. The van der Waals surface area contributed by atoms with Crippen LogP contribution in [0.1, 0.15) is 5.69 Å². The van der Waals surface area contributed by atoms with E-state index < -0.39 is 0 Å². The van der Waals surface area contributed by atoms with Gasteiger partial charge in [-0.2, -0.15) is 0 Å². The molecule has 0 fully saturated rings. The minimum Gasteiger partial charge on any atom is -0.506 e. The number of likely N-dealkylation sites (N-methyl/N-ethyl adjacent to an activating group) is 1. The van der Waals surface area contributed by atoms with Gasteiger partial charge in [0.15, 0.2) is 0 Å². The molecule has 0 aliphatic carbocycles. The number of rotatable bonds is 3. The molecule has 2 heterocycles. The molecule has 4 nitrogen and oxygen atoms in total. The van der Waals surface area contributed by atoms with Crippen LogP contribution in [0.4, 0.5) is 0 Å². The predicted molar refractivity (Wildman–Crippen MR) is 67.2 cm³/mol. The fraction of sp³-hybridized carbons (Fsp3) is 0.455. The minimum absolute atomic E-state index is 0.208. The fourth-order valence-electron chi connectivity index (χ4n) is 1.62. The van der Waals surface area contributed by atoms with Crippen molar-refractivity contribution in [3.8, 4) is 5.75 Å². The molecule has 86 valence electrons. The van der Waals surface area contributed by atoms with Crippen LogP contribution >= 0.6 is 11.8 Å². The lowest BCUT2D eigenvalue weighted by Crippen LogP contribution is -2.24. The van der Waals surface area contributed by atoms with Gasteiger partial charge in [-0.05, 0) is 26.2 Å². The van der Waals surface area contributed by atoms with Crippen molar-refractivity contribution in [3.05, 3.63) is 24.0 Å². The maximum atomic E-state index is 9.67. The Morgan fingerprint density at radius 1 is 1.56 bits per heavy atom. The van der Waals surface area contributed by atoms with Crippen LogP contribution in [0, 0.1) is 0 Å². The summed E-state index contributed by atoms with van der Waals surface area (Å²) in [5.41, 5.74) is 0.605. The third-order valence-electron chi connectivity index (χ3n) is 2.28. The summed E-state index contributed by atoms with van der Waals surface area (Å²) in [6, 6.07) is 3.66. The summed E-state index contributed by atoms with van der Waals surface area (Å²) in [6.07, 6.45) is 1.68. The lowest BCUT2D eigenvalue weighted by molar-refractivity contribution is 0.387. The standard InChI is InChI=1S/C11H15N3OS/c1-14(2)6-8-7-16-11(13-8)10-9(15)4-3-5-12-10/h3-5,8,15H,6-7H2,1-2H3/t8-/m0/s1. The zero-order valence-corrected chi connectivity index (χ0v) is 10.2. The smallest absolute Gasteiger partial charge is 0.144 e. The van der Waals surface area contributed by atoms with E-state index in [0.29, 0.717) is 11.7 Å². The molecule has 0 amide bonds. The van der Waals surface area contributed by atoms with Gasteiger partial charge in [0.05, 0.1) is 6.04 Å². The molecule has 0 saturated carbocycles. The topological polar surface area (TPSA) is 48.7 Å². The Labute approximate surface area is 99.4 Å². The number of aromatic nitrogens is 1. The molecule has 5 heteroatoms. The number of hydrogen-bond donors (Lipinski definition) is 1. The first-order valence-electron chi connectivity index (χ1n) is 5.16. The molecule has 1 aliphatic heterocycles. The second-order valence-corrected chi connectivity index (χ2v) is 5.04. The van der Waals surface area contributed by atoms with Crippen molar-refractivity contribution < 1.29 is 5.11 Å². The molecule has 1 aromatic heterocycles. The van der Waals surface area contributed by atoms with Crippen molar-refractivity contribution in [1.29, 1.82) is 0 Å². The Bertz CT molecular complexity index is 406. The average molecular weight is 237 g/mol. The molecule has 2 rings (SSSR count). The van der Waals surface area contributed by atoms with Crippen LogP contribution in [0.15, 0.2) is 23.3 Å². The molecular formula is C11H15N3OS. The number of aliphatic imine (C=N–C) groups is 1. The van der Waals surface area contributed by atoms with E-state index in [1.54, 1.807) is 30.1 Å². The molecular weight excluding hydrogens is 222 g/mol. The van der Waals surface area contributed by atoms with Crippen LogP contribution in [-0.2, 0) is 0 Å². The lowest BCUT2D eigenvalue weighted by Gasteiger charge is -2.12. The summed E-state index contributed by atoms with van der Waals surface area (Å²) in [7, 11) is 4.08. The number of pyridine rings is 1. The highest BCUT2D eigenvalue weighted by molar-refractivity contribution is 8.14. The van der Waals surface area contributed by atoms with Gasteiger partial charge >= 0.3 is 0 Å². The number of nitrogens with zero attached hydrogens (tertiary/aromatic N) is 3. The van der Waals surface area contributed by atoms with Gasteiger partial charge in [-0.25, -0.2) is 0 Å². The Kier molecular flexibility index (Phi) is 3.46. The van der Waals surface area contributed by atoms with E-state index >= 15 is 0 Å². The minimum atomic E-state index is 0.208. The second-order valence-electron chi connectivity index (χ2n) is 4.03. The van der Waals surface area contributed by atoms with E-state index in [-0.39, 0.29) is 5.75 Å². The molecule has 0 aromatic carbocycles. The Morgan fingerprint density at radius 2 is 2.38 bits per heavy atom. The highest BCUT2D eigenvalue weighted by Gasteiger charge is 2.22. The van der Waals surface area contributed by atoms with E-state index in [2.05, 4.69) is 14.9 Å². The van der Waals surface area contributed by atoms with Crippen LogP contribution in [0.5, 0.6) is 5.75 Å². The molecule has 0 unspecified atom stereocenters. The fourth-order valence-corrected chi connectivity index (χ4v) is 2.67. The van der Waals surface area contributed by atoms with Gasteiger partial charge in [-0.3, -0.25) is 9.98 Å². The SMILES string of the molecule is CN(C)C[C@H]1CSC(c2ncccc2O)=N1.